The summed E-state index contributed by atoms with van der Waals surface area (Å²) in [6.45, 7) is 1.81. The van der Waals surface area contributed by atoms with Crippen LogP contribution in [0, 0.1) is 6.92 Å². The van der Waals surface area contributed by atoms with E-state index >= 15 is 0 Å². The van der Waals surface area contributed by atoms with E-state index in [1.54, 1.807) is 18.2 Å². The number of carbonyl (C=O) groups is 3. The first-order valence-corrected chi connectivity index (χ1v) is 12.8. The zero-order valence-electron chi connectivity index (χ0n) is 20.6. The van der Waals surface area contributed by atoms with Gasteiger partial charge in [-0.25, -0.2) is 4.79 Å². The lowest BCUT2D eigenvalue weighted by Crippen LogP contribution is -2.20. The molecule has 3 N–H and O–H groups in total. The van der Waals surface area contributed by atoms with E-state index in [1.807, 2.05) is 85.8 Å². The molecule has 0 aliphatic rings. The fourth-order valence-electron chi connectivity index (χ4n) is 3.69. The maximum atomic E-state index is 13.5. The van der Waals surface area contributed by atoms with E-state index in [9.17, 15) is 19.5 Å². The molecule has 0 bridgehead atoms. The number of benzene rings is 4. The summed E-state index contributed by atoms with van der Waals surface area (Å²) < 4.78 is 0. The van der Waals surface area contributed by atoms with Crippen molar-refractivity contribution < 1.29 is 19.5 Å². The Hall–Kier alpha value is -4.62. The molecule has 7 heteroatoms. The molecule has 4 aromatic carbocycles. The Balaban J connectivity index is 1.52. The van der Waals surface area contributed by atoms with Crippen molar-refractivity contribution in [3.05, 3.63) is 131 Å². The maximum Gasteiger partial charge on any atom is 0.335 e. The minimum Gasteiger partial charge on any atom is -0.478 e. The summed E-state index contributed by atoms with van der Waals surface area (Å²) in [5.41, 5.74) is 3.63. The first-order valence-electron chi connectivity index (χ1n) is 11.9. The lowest BCUT2D eigenvalue weighted by Gasteiger charge is -2.18. The molecule has 0 aromatic heterocycles. The Kier molecular flexibility index (Phi) is 8.74. The SMILES string of the molecule is Cc1ccc(C(=O)O)cc1NC(=O)C(Sc1cccc(NC(=O)/C=C/c2ccccc2)c1)c1ccccc1. The lowest BCUT2D eigenvalue weighted by molar-refractivity contribution is -0.116. The third kappa shape index (κ3) is 7.21. The van der Waals surface area contributed by atoms with Crippen LogP contribution < -0.4 is 10.6 Å². The third-order valence-electron chi connectivity index (χ3n) is 5.67. The van der Waals surface area contributed by atoms with Crippen LogP contribution in [0.5, 0.6) is 0 Å². The molecule has 2 amide bonds. The minimum absolute atomic E-state index is 0.0968. The van der Waals surface area contributed by atoms with Crippen molar-refractivity contribution in [3.8, 4) is 0 Å². The Bertz CT molecular complexity index is 1470. The standard InChI is InChI=1S/C31H26N2O4S/c1-21-15-17-24(31(36)37)19-27(21)33-30(35)29(23-11-6-3-7-12-23)38-26-14-8-13-25(20-26)32-28(34)18-16-22-9-4-2-5-10-22/h2-20,29H,1H3,(H,32,34)(H,33,35)(H,36,37)/b18-16+. The van der Waals surface area contributed by atoms with Gasteiger partial charge in [-0.05, 0) is 60.0 Å². The highest BCUT2D eigenvalue weighted by Gasteiger charge is 2.23. The van der Waals surface area contributed by atoms with Gasteiger partial charge < -0.3 is 15.7 Å². The number of aryl methyl sites for hydroxylation is 1. The fourth-order valence-corrected chi connectivity index (χ4v) is 4.78. The number of nitrogens with one attached hydrogen (secondary N) is 2. The van der Waals surface area contributed by atoms with Crippen LogP contribution >= 0.6 is 11.8 Å². The topological polar surface area (TPSA) is 95.5 Å². The first kappa shape index (κ1) is 26.4. The highest BCUT2D eigenvalue weighted by atomic mass is 32.2. The highest BCUT2D eigenvalue weighted by Crippen LogP contribution is 2.37. The van der Waals surface area contributed by atoms with Crippen LogP contribution in [-0.2, 0) is 9.59 Å². The quantitative estimate of drug-likeness (QED) is 0.166. The van der Waals surface area contributed by atoms with Crippen LogP contribution in [0.4, 0.5) is 11.4 Å². The molecule has 0 fully saturated rings. The molecule has 0 aliphatic carbocycles. The number of hydrogen-bond donors (Lipinski definition) is 3. The zero-order chi connectivity index (χ0) is 26.9. The van der Waals surface area contributed by atoms with Crippen LogP contribution in [-0.4, -0.2) is 22.9 Å². The Labute approximate surface area is 225 Å². The second-order valence-electron chi connectivity index (χ2n) is 8.49. The Morgan fingerprint density at radius 1 is 0.816 bits per heavy atom. The van der Waals surface area contributed by atoms with Crippen LogP contribution in [0.15, 0.2) is 114 Å². The number of carboxylic acids is 1. The maximum absolute atomic E-state index is 13.5. The van der Waals surface area contributed by atoms with Gasteiger partial charge >= 0.3 is 5.97 Å². The molecule has 4 rings (SSSR count). The second kappa shape index (κ2) is 12.6. The zero-order valence-corrected chi connectivity index (χ0v) is 21.4. The summed E-state index contributed by atoms with van der Waals surface area (Å²) in [4.78, 5) is 38.1. The van der Waals surface area contributed by atoms with Crippen molar-refractivity contribution in [1.82, 2.24) is 0 Å². The Morgan fingerprint density at radius 3 is 2.24 bits per heavy atom. The van der Waals surface area contributed by atoms with Gasteiger partial charge in [0.25, 0.3) is 0 Å². The molecule has 1 unspecified atom stereocenters. The molecule has 4 aromatic rings. The molecule has 190 valence electrons. The molecular formula is C31H26N2O4S. The van der Waals surface area contributed by atoms with Gasteiger partial charge in [0.2, 0.25) is 11.8 Å². The number of anilines is 2. The van der Waals surface area contributed by atoms with E-state index in [0.717, 1.165) is 21.6 Å². The van der Waals surface area contributed by atoms with E-state index in [0.29, 0.717) is 11.4 Å². The van der Waals surface area contributed by atoms with E-state index in [4.69, 9.17) is 0 Å². The number of aromatic carboxylic acids is 1. The number of thioether (sulfide) groups is 1. The normalized spacial score (nSPS) is 11.6. The highest BCUT2D eigenvalue weighted by molar-refractivity contribution is 8.00. The second-order valence-corrected chi connectivity index (χ2v) is 9.67. The molecule has 0 saturated heterocycles. The molecule has 0 radical (unpaired) electrons. The number of rotatable bonds is 9. The smallest absolute Gasteiger partial charge is 0.335 e. The summed E-state index contributed by atoms with van der Waals surface area (Å²) in [6.07, 6.45) is 3.22. The molecular weight excluding hydrogens is 496 g/mol. The third-order valence-corrected chi connectivity index (χ3v) is 6.91. The number of hydrogen-bond acceptors (Lipinski definition) is 4. The Morgan fingerprint density at radius 2 is 1.53 bits per heavy atom. The minimum atomic E-state index is -1.06. The van der Waals surface area contributed by atoms with Crippen molar-refractivity contribution in [1.29, 1.82) is 0 Å². The van der Waals surface area contributed by atoms with Crippen molar-refractivity contribution >= 4 is 47.0 Å². The summed E-state index contributed by atoms with van der Waals surface area (Å²) in [5, 5.41) is 14.5. The number of carboxylic acid groups (broad SMARTS) is 1. The summed E-state index contributed by atoms with van der Waals surface area (Å²) in [5.74, 6) is -1.61. The van der Waals surface area contributed by atoms with E-state index in [1.165, 1.54) is 30.0 Å². The summed E-state index contributed by atoms with van der Waals surface area (Å²) in [6, 6.07) is 30.8. The number of amides is 2. The molecule has 6 nitrogen and oxygen atoms in total. The predicted octanol–water partition coefficient (Wildman–Crippen LogP) is 6.82. The van der Waals surface area contributed by atoms with Gasteiger partial charge in [-0.15, -0.1) is 11.8 Å². The monoisotopic (exact) mass is 522 g/mol. The van der Waals surface area contributed by atoms with E-state index in [-0.39, 0.29) is 17.4 Å². The van der Waals surface area contributed by atoms with Crippen LogP contribution in [0.1, 0.15) is 32.3 Å². The van der Waals surface area contributed by atoms with Crippen molar-refractivity contribution in [2.45, 2.75) is 17.1 Å². The van der Waals surface area contributed by atoms with Crippen molar-refractivity contribution in [2.24, 2.45) is 0 Å². The molecule has 0 saturated carbocycles. The molecule has 0 aliphatic heterocycles. The molecule has 38 heavy (non-hydrogen) atoms. The van der Waals surface area contributed by atoms with Gasteiger partial charge in [-0.2, -0.15) is 0 Å². The van der Waals surface area contributed by atoms with Crippen molar-refractivity contribution in [3.63, 3.8) is 0 Å². The van der Waals surface area contributed by atoms with Crippen LogP contribution in [0.3, 0.4) is 0 Å². The first-order chi connectivity index (χ1) is 18.4. The fraction of sp³-hybridized carbons (Fsp3) is 0.0645. The van der Waals surface area contributed by atoms with Gasteiger partial charge in [-0.3, -0.25) is 9.59 Å². The van der Waals surface area contributed by atoms with Gasteiger partial charge in [0.1, 0.15) is 5.25 Å². The van der Waals surface area contributed by atoms with Gasteiger partial charge in [0.05, 0.1) is 5.56 Å². The van der Waals surface area contributed by atoms with Gasteiger partial charge in [0, 0.05) is 22.3 Å². The average Bonchev–Trinajstić information content (AvgIpc) is 2.93. The van der Waals surface area contributed by atoms with Gasteiger partial charge in [0.15, 0.2) is 0 Å². The largest absolute Gasteiger partial charge is 0.478 e. The van der Waals surface area contributed by atoms with Gasteiger partial charge in [-0.1, -0.05) is 72.8 Å². The summed E-state index contributed by atoms with van der Waals surface area (Å²) >= 11 is 1.34. The van der Waals surface area contributed by atoms with Crippen LogP contribution in [0.2, 0.25) is 0 Å². The number of carbonyl (C=O) groups excluding carboxylic acids is 2. The molecule has 0 heterocycles. The van der Waals surface area contributed by atoms with E-state index in [2.05, 4.69) is 10.6 Å². The summed E-state index contributed by atoms with van der Waals surface area (Å²) in [7, 11) is 0. The lowest BCUT2D eigenvalue weighted by atomic mass is 10.1. The van der Waals surface area contributed by atoms with Crippen LogP contribution in [0.25, 0.3) is 6.08 Å². The van der Waals surface area contributed by atoms with Crippen molar-refractivity contribution in [2.75, 3.05) is 10.6 Å². The molecule has 1 atom stereocenters. The molecule has 0 spiro atoms. The average molecular weight is 523 g/mol. The predicted molar refractivity (Wildman–Crippen MR) is 152 cm³/mol. The van der Waals surface area contributed by atoms with E-state index < -0.39 is 11.2 Å².